The van der Waals surface area contributed by atoms with Crippen LogP contribution < -0.4 is 4.74 Å². The Hall–Kier alpha value is -0.980. The summed E-state index contributed by atoms with van der Waals surface area (Å²) in [7, 11) is 0. The molecule has 0 spiro atoms. The topological polar surface area (TPSA) is 29.5 Å². The first kappa shape index (κ1) is 15.4. The van der Waals surface area contributed by atoms with Crippen molar-refractivity contribution in [3.05, 3.63) is 62.0 Å². The van der Waals surface area contributed by atoms with Crippen LogP contribution in [-0.4, -0.2) is 5.11 Å². The second-order valence-electron chi connectivity index (χ2n) is 4.03. The summed E-state index contributed by atoms with van der Waals surface area (Å²) in [4.78, 5) is 0. The predicted octanol–water partition coefficient (Wildman–Crippen LogP) is 4.56. The van der Waals surface area contributed by atoms with E-state index >= 15 is 0 Å². The van der Waals surface area contributed by atoms with Crippen molar-refractivity contribution in [1.29, 1.82) is 0 Å². The Morgan fingerprint density at radius 1 is 1.05 bits per heavy atom. The van der Waals surface area contributed by atoms with E-state index in [-0.39, 0.29) is 23.2 Å². The monoisotopic (exact) mass is 406 g/mol. The van der Waals surface area contributed by atoms with Crippen LogP contribution in [0.4, 0.5) is 8.78 Å². The predicted molar refractivity (Wildman–Crippen MR) is 78.5 cm³/mol. The van der Waals surface area contributed by atoms with Crippen molar-refractivity contribution in [2.75, 3.05) is 0 Å². The SMILES string of the molecule is OCc1ccc(OCc2c(F)ccc(Br)c2F)c(Br)c1. The van der Waals surface area contributed by atoms with Crippen LogP contribution in [0.5, 0.6) is 5.75 Å². The highest BCUT2D eigenvalue weighted by molar-refractivity contribution is 9.10. The lowest BCUT2D eigenvalue weighted by Crippen LogP contribution is -2.03. The third kappa shape index (κ3) is 3.37. The zero-order chi connectivity index (χ0) is 14.7. The van der Waals surface area contributed by atoms with Gasteiger partial charge in [0.15, 0.2) is 0 Å². The minimum absolute atomic E-state index is 0.0895. The summed E-state index contributed by atoms with van der Waals surface area (Å²) < 4.78 is 33.5. The van der Waals surface area contributed by atoms with Crippen LogP contribution in [0, 0.1) is 11.6 Å². The quantitative estimate of drug-likeness (QED) is 0.752. The van der Waals surface area contributed by atoms with Crippen molar-refractivity contribution in [2.24, 2.45) is 0 Å². The first-order valence-corrected chi connectivity index (χ1v) is 7.26. The number of ether oxygens (including phenoxy) is 1. The number of halogens is 4. The van der Waals surface area contributed by atoms with Gasteiger partial charge in [0, 0.05) is 0 Å². The Morgan fingerprint density at radius 2 is 1.80 bits per heavy atom. The Bertz CT molecular complexity index is 633. The zero-order valence-electron chi connectivity index (χ0n) is 10.2. The molecule has 0 atom stereocenters. The molecule has 0 saturated carbocycles. The summed E-state index contributed by atoms with van der Waals surface area (Å²) in [5.41, 5.74) is 0.571. The van der Waals surface area contributed by atoms with Gasteiger partial charge in [-0.3, -0.25) is 0 Å². The van der Waals surface area contributed by atoms with Gasteiger partial charge >= 0.3 is 0 Å². The second-order valence-corrected chi connectivity index (χ2v) is 5.74. The van der Waals surface area contributed by atoms with Crippen molar-refractivity contribution in [1.82, 2.24) is 0 Å². The maximum Gasteiger partial charge on any atom is 0.146 e. The maximum atomic E-state index is 13.8. The van der Waals surface area contributed by atoms with Gasteiger partial charge in [0.05, 0.1) is 21.1 Å². The summed E-state index contributed by atoms with van der Waals surface area (Å²) >= 11 is 6.29. The van der Waals surface area contributed by atoms with Crippen molar-refractivity contribution >= 4 is 31.9 Å². The van der Waals surface area contributed by atoms with Gasteiger partial charge in [-0.05, 0) is 61.7 Å². The molecule has 20 heavy (non-hydrogen) atoms. The largest absolute Gasteiger partial charge is 0.488 e. The van der Waals surface area contributed by atoms with Crippen LogP contribution in [0.25, 0.3) is 0 Å². The third-order valence-corrected chi connectivity index (χ3v) is 3.92. The molecule has 0 amide bonds. The fourth-order valence-corrected chi connectivity index (χ4v) is 2.52. The molecule has 0 saturated heterocycles. The van der Waals surface area contributed by atoms with E-state index in [1.807, 2.05) is 0 Å². The maximum absolute atomic E-state index is 13.8. The highest BCUT2D eigenvalue weighted by atomic mass is 79.9. The number of benzene rings is 2. The second kappa shape index (κ2) is 6.65. The Labute approximate surface area is 131 Å². The molecule has 0 bridgehead atoms. The molecule has 0 aliphatic carbocycles. The highest BCUT2D eigenvalue weighted by Gasteiger charge is 2.13. The van der Waals surface area contributed by atoms with Crippen LogP contribution in [0.1, 0.15) is 11.1 Å². The minimum Gasteiger partial charge on any atom is -0.488 e. The van der Waals surface area contributed by atoms with Gasteiger partial charge in [-0.1, -0.05) is 6.07 Å². The minimum atomic E-state index is -0.673. The van der Waals surface area contributed by atoms with Gasteiger partial charge in [-0.25, -0.2) is 8.78 Å². The van der Waals surface area contributed by atoms with E-state index in [1.165, 1.54) is 12.1 Å². The molecular formula is C14H10Br2F2O2. The highest BCUT2D eigenvalue weighted by Crippen LogP contribution is 2.28. The molecule has 2 aromatic rings. The molecule has 0 aliphatic heterocycles. The van der Waals surface area contributed by atoms with E-state index in [0.29, 0.717) is 15.8 Å². The van der Waals surface area contributed by atoms with Gasteiger partial charge < -0.3 is 9.84 Å². The smallest absolute Gasteiger partial charge is 0.146 e. The fourth-order valence-electron chi connectivity index (χ4n) is 1.61. The lowest BCUT2D eigenvalue weighted by atomic mass is 10.2. The summed E-state index contributed by atoms with van der Waals surface area (Å²) in [5, 5.41) is 9.00. The average Bonchev–Trinajstić information content (AvgIpc) is 2.44. The molecule has 2 aromatic carbocycles. The van der Waals surface area contributed by atoms with E-state index in [2.05, 4.69) is 31.9 Å². The number of hydrogen-bond donors (Lipinski definition) is 1. The first-order valence-electron chi connectivity index (χ1n) is 5.67. The van der Waals surface area contributed by atoms with Crippen LogP contribution in [0.2, 0.25) is 0 Å². The molecule has 2 nitrogen and oxygen atoms in total. The molecule has 0 unspecified atom stereocenters. The van der Waals surface area contributed by atoms with Gasteiger partial charge in [0.2, 0.25) is 0 Å². The molecule has 2 rings (SSSR count). The van der Waals surface area contributed by atoms with Gasteiger partial charge in [-0.15, -0.1) is 0 Å². The third-order valence-electron chi connectivity index (χ3n) is 2.69. The van der Waals surface area contributed by atoms with Crippen LogP contribution in [0.3, 0.4) is 0 Å². The zero-order valence-corrected chi connectivity index (χ0v) is 13.3. The lowest BCUT2D eigenvalue weighted by Gasteiger charge is -2.11. The molecule has 1 N–H and O–H groups in total. The van der Waals surface area contributed by atoms with E-state index in [0.717, 1.165) is 0 Å². The molecule has 0 heterocycles. The summed E-state index contributed by atoms with van der Waals surface area (Å²) in [6, 6.07) is 7.47. The Kier molecular flexibility index (Phi) is 5.12. The average molecular weight is 408 g/mol. The Morgan fingerprint density at radius 3 is 2.45 bits per heavy atom. The van der Waals surface area contributed by atoms with Crippen LogP contribution in [0.15, 0.2) is 39.3 Å². The number of rotatable bonds is 4. The van der Waals surface area contributed by atoms with Crippen molar-refractivity contribution < 1.29 is 18.6 Å². The fraction of sp³-hybridized carbons (Fsp3) is 0.143. The van der Waals surface area contributed by atoms with Gasteiger partial charge in [0.1, 0.15) is 24.0 Å². The van der Waals surface area contributed by atoms with Gasteiger partial charge in [-0.2, -0.15) is 0 Å². The van der Waals surface area contributed by atoms with Crippen LogP contribution in [-0.2, 0) is 13.2 Å². The summed E-state index contributed by atoms with van der Waals surface area (Å²) in [6.45, 7) is -0.318. The molecule has 0 aromatic heterocycles. The Balaban J connectivity index is 2.19. The molecule has 106 valence electrons. The van der Waals surface area contributed by atoms with Crippen LogP contribution >= 0.6 is 31.9 Å². The molecular weight excluding hydrogens is 398 g/mol. The number of aliphatic hydroxyl groups is 1. The normalized spacial score (nSPS) is 10.7. The lowest BCUT2D eigenvalue weighted by molar-refractivity contribution is 0.279. The van der Waals surface area contributed by atoms with E-state index in [1.54, 1.807) is 18.2 Å². The van der Waals surface area contributed by atoms with Crippen molar-refractivity contribution in [2.45, 2.75) is 13.2 Å². The summed E-state index contributed by atoms with van der Waals surface area (Å²) in [6.07, 6.45) is 0. The van der Waals surface area contributed by atoms with E-state index in [4.69, 9.17) is 9.84 Å². The van der Waals surface area contributed by atoms with Crippen molar-refractivity contribution in [3.8, 4) is 5.75 Å². The molecule has 0 fully saturated rings. The molecule has 0 aliphatic rings. The number of aliphatic hydroxyl groups excluding tert-OH is 1. The summed E-state index contributed by atoms with van der Waals surface area (Å²) in [5.74, 6) is -0.886. The molecule has 6 heteroatoms. The molecule has 0 radical (unpaired) electrons. The standard InChI is InChI=1S/C14H10Br2F2O2/c15-10-2-3-12(17)9(14(10)18)7-20-13-4-1-8(6-19)5-11(13)16/h1-5,19H,6-7H2. The first-order chi connectivity index (χ1) is 9.52. The van der Waals surface area contributed by atoms with E-state index in [9.17, 15) is 8.78 Å². The van der Waals surface area contributed by atoms with E-state index < -0.39 is 11.6 Å². The van der Waals surface area contributed by atoms with Crippen molar-refractivity contribution in [3.63, 3.8) is 0 Å². The number of hydrogen-bond acceptors (Lipinski definition) is 2. The van der Waals surface area contributed by atoms with Gasteiger partial charge in [0.25, 0.3) is 0 Å².